The van der Waals surface area contributed by atoms with Gasteiger partial charge < -0.3 is 10.2 Å². The van der Waals surface area contributed by atoms with Crippen LogP contribution in [0.3, 0.4) is 0 Å². The highest BCUT2D eigenvalue weighted by atomic mass is 32.2. The van der Waals surface area contributed by atoms with Gasteiger partial charge in [0.05, 0.1) is 10.6 Å². The van der Waals surface area contributed by atoms with Crippen molar-refractivity contribution >= 4 is 27.5 Å². The van der Waals surface area contributed by atoms with Gasteiger partial charge in [0.2, 0.25) is 11.8 Å². The molecule has 10 heteroatoms. The topological polar surface area (TPSA) is 86.8 Å². The number of nitrogens with zero attached hydrogens (tertiary/aromatic N) is 2. The molecule has 0 aliphatic heterocycles. The molecule has 0 aromatic heterocycles. The molecule has 0 aliphatic carbocycles. The first-order valence-electron chi connectivity index (χ1n) is 12.7. The molecule has 0 bridgehead atoms. The second kappa shape index (κ2) is 13.3. The van der Waals surface area contributed by atoms with Crippen LogP contribution in [-0.2, 0) is 26.2 Å². The number of carbonyl (C=O) groups is 2. The first-order valence-corrected chi connectivity index (χ1v) is 14.2. The summed E-state index contributed by atoms with van der Waals surface area (Å²) in [6, 6.07) is 17.1. The molecule has 1 N–H and O–H groups in total. The number of hydrogen-bond donors (Lipinski definition) is 1. The van der Waals surface area contributed by atoms with Crippen molar-refractivity contribution in [2.45, 2.75) is 57.1 Å². The highest BCUT2D eigenvalue weighted by molar-refractivity contribution is 7.92. The molecule has 3 rings (SSSR count). The van der Waals surface area contributed by atoms with E-state index in [9.17, 15) is 26.8 Å². The zero-order valence-corrected chi connectivity index (χ0v) is 23.0. The first kappa shape index (κ1) is 29.8. The Bertz CT molecular complexity index is 1370. The molecule has 0 spiro atoms. The van der Waals surface area contributed by atoms with Gasteiger partial charge in [-0.15, -0.1) is 0 Å². The predicted molar refractivity (Wildman–Crippen MR) is 146 cm³/mol. The summed E-state index contributed by atoms with van der Waals surface area (Å²) in [5.74, 6) is -2.40. The van der Waals surface area contributed by atoms with Crippen molar-refractivity contribution in [2.24, 2.45) is 0 Å². The van der Waals surface area contributed by atoms with Gasteiger partial charge in [0.25, 0.3) is 10.0 Å². The van der Waals surface area contributed by atoms with E-state index in [-0.39, 0.29) is 29.6 Å². The second-order valence-corrected chi connectivity index (χ2v) is 11.0. The van der Waals surface area contributed by atoms with E-state index in [1.54, 1.807) is 13.0 Å². The average Bonchev–Trinajstić information content (AvgIpc) is 2.93. The minimum absolute atomic E-state index is 0.0813. The number of carbonyl (C=O) groups excluding carboxylic acids is 2. The maximum absolute atomic E-state index is 14.9. The second-order valence-electron chi connectivity index (χ2n) is 9.17. The van der Waals surface area contributed by atoms with Gasteiger partial charge in [-0.3, -0.25) is 13.9 Å². The van der Waals surface area contributed by atoms with Gasteiger partial charge in [-0.2, -0.15) is 0 Å². The Kier molecular flexibility index (Phi) is 10.2. The minimum Gasteiger partial charge on any atom is -0.352 e. The van der Waals surface area contributed by atoms with Crippen molar-refractivity contribution in [3.05, 3.63) is 96.1 Å². The molecule has 39 heavy (non-hydrogen) atoms. The van der Waals surface area contributed by atoms with Crippen LogP contribution in [-0.4, -0.2) is 43.8 Å². The van der Waals surface area contributed by atoms with E-state index >= 15 is 0 Å². The Hall–Kier alpha value is -3.79. The van der Waals surface area contributed by atoms with Crippen LogP contribution in [0.25, 0.3) is 0 Å². The Morgan fingerprint density at radius 1 is 0.872 bits per heavy atom. The van der Waals surface area contributed by atoms with Gasteiger partial charge in [0.15, 0.2) is 0 Å². The van der Waals surface area contributed by atoms with Crippen molar-refractivity contribution < 1.29 is 26.8 Å². The Morgan fingerprint density at radius 3 is 2.08 bits per heavy atom. The third-order valence-electron chi connectivity index (χ3n) is 6.38. The highest BCUT2D eigenvalue weighted by Crippen LogP contribution is 2.27. The predicted octanol–water partition coefficient (Wildman–Crippen LogP) is 4.88. The molecule has 0 heterocycles. The number of halogens is 2. The van der Waals surface area contributed by atoms with Crippen molar-refractivity contribution in [3.8, 4) is 0 Å². The number of benzene rings is 3. The molecule has 0 radical (unpaired) electrons. The molecule has 0 saturated heterocycles. The summed E-state index contributed by atoms with van der Waals surface area (Å²) in [7, 11) is -4.36. The van der Waals surface area contributed by atoms with Crippen LogP contribution in [0.4, 0.5) is 14.5 Å². The molecular weight excluding hydrogens is 524 g/mol. The molecule has 3 aromatic rings. The van der Waals surface area contributed by atoms with Gasteiger partial charge in [0.1, 0.15) is 24.2 Å². The van der Waals surface area contributed by atoms with Crippen molar-refractivity contribution in [1.29, 1.82) is 0 Å². The number of nitrogens with one attached hydrogen (secondary N) is 1. The van der Waals surface area contributed by atoms with E-state index in [0.29, 0.717) is 12.0 Å². The Morgan fingerprint density at radius 2 is 1.49 bits per heavy atom. The quantitative estimate of drug-likeness (QED) is 0.344. The number of hydrogen-bond acceptors (Lipinski definition) is 4. The summed E-state index contributed by atoms with van der Waals surface area (Å²) in [5.41, 5.74) is 0.247. The lowest BCUT2D eigenvalue weighted by molar-refractivity contribution is -0.140. The third-order valence-corrected chi connectivity index (χ3v) is 8.16. The van der Waals surface area contributed by atoms with Crippen LogP contribution in [0, 0.1) is 11.6 Å². The summed E-state index contributed by atoms with van der Waals surface area (Å²) in [6.45, 7) is 4.65. The van der Waals surface area contributed by atoms with E-state index in [4.69, 9.17) is 0 Å². The van der Waals surface area contributed by atoms with E-state index in [1.165, 1.54) is 71.6 Å². The summed E-state index contributed by atoms with van der Waals surface area (Å²) >= 11 is 0. The molecule has 0 aliphatic rings. The van der Waals surface area contributed by atoms with Crippen LogP contribution < -0.4 is 9.62 Å². The molecule has 3 aromatic carbocycles. The normalized spacial score (nSPS) is 12.8. The van der Waals surface area contributed by atoms with E-state index in [2.05, 4.69) is 5.32 Å². The zero-order valence-electron chi connectivity index (χ0n) is 22.2. The number of para-hydroxylation sites is 1. The smallest absolute Gasteiger partial charge is 0.264 e. The van der Waals surface area contributed by atoms with Gasteiger partial charge in [-0.25, -0.2) is 17.2 Å². The fraction of sp³-hybridized carbons (Fsp3) is 0.310. The van der Waals surface area contributed by atoms with Gasteiger partial charge in [0, 0.05) is 12.6 Å². The minimum atomic E-state index is -4.36. The van der Waals surface area contributed by atoms with Crippen LogP contribution in [0.2, 0.25) is 0 Å². The molecule has 208 valence electrons. The monoisotopic (exact) mass is 557 g/mol. The Labute approximate surface area is 228 Å². The van der Waals surface area contributed by atoms with Crippen molar-refractivity contribution in [3.63, 3.8) is 0 Å². The van der Waals surface area contributed by atoms with E-state index in [0.717, 1.165) is 10.4 Å². The third kappa shape index (κ3) is 7.41. The number of amides is 2. The molecule has 2 atom stereocenters. The average molecular weight is 558 g/mol. The lowest BCUT2D eigenvalue weighted by Crippen LogP contribution is -2.53. The molecule has 0 unspecified atom stereocenters. The lowest BCUT2D eigenvalue weighted by Gasteiger charge is -2.33. The SMILES string of the molecule is CC[C@@H](C)NC(=O)[C@@H](CC)N(Cc1ccc(F)cc1)C(=O)CN(c1ccccc1F)S(=O)(=O)c1ccccc1. The van der Waals surface area contributed by atoms with Crippen molar-refractivity contribution in [1.82, 2.24) is 10.2 Å². The molecule has 0 fully saturated rings. The number of sulfonamides is 1. The van der Waals surface area contributed by atoms with E-state index < -0.39 is 46.1 Å². The first-order chi connectivity index (χ1) is 18.6. The highest BCUT2D eigenvalue weighted by Gasteiger charge is 2.34. The van der Waals surface area contributed by atoms with Crippen LogP contribution >= 0.6 is 0 Å². The molecule has 7 nitrogen and oxygen atoms in total. The molecular formula is C29H33F2N3O4S. The standard InChI is InChI=1S/C29H33F2N3O4S/c1-4-21(3)32-29(36)26(5-2)33(19-22-15-17-23(30)18-16-22)28(35)20-34(27-14-10-9-13-25(27)31)39(37,38)24-11-7-6-8-12-24/h6-18,21,26H,4-5,19-20H2,1-3H3,(H,32,36)/t21-,26-/m1/s1. The summed E-state index contributed by atoms with van der Waals surface area (Å²) in [5, 5.41) is 2.88. The maximum atomic E-state index is 14.9. The fourth-order valence-corrected chi connectivity index (χ4v) is 5.48. The zero-order chi connectivity index (χ0) is 28.6. The largest absolute Gasteiger partial charge is 0.352 e. The van der Waals surface area contributed by atoms with Crippen LogP contribution in [0.5, 0.6) is 0 Å². The van der Waals surface area contributed by atoms with Crippen molar-refractivity contribution in [2.75, 3.05) is 10.8 Å². The molecule has 0 saturated carbocycles. The summed E-state index contributed by atoms with van der Waals surface area (Å²) in [6.07, 6.45) is 0.908. The number of anilines is 1. The summed E-state index contributed by atoms with van der Waals surface area (Å²) in [4.78, 5) is 28.2. The number of rotatable bonds is 12. The lowest BCUT2D eigenvalue weighted by atomic mass is 10.1. The van der Waals surface area contributed by atoms with Crippen LogP contribution in [0.1, 0.15) is 39.2 Å². The van der Waals surface area contributed by atoms with Gasteiger partial charge >= 0.3 is 0 Å². The Balaban J connectivity index is 2.05. The molecule has 2 amide bonds. The van der Waals surface area contributed by atoms with E-state index in [1.807, 2.05) is 13.8 Å². The van der Waals surface area contributed by atoms with Crippen LogP contribution in [0.15, 0.2) is 83.8 Å². The van der Waals surface area contributed by atoms with Gasteiger partial charge in [-0.1, -0.05) is 56.3 Å². The fourth-order valence-electron chi connectivity index (χ4n) is 4.03. The summed E-state index contributed by atoms with van der Waals surface area (Å²) < 4.78 is 56.5. The maximum Gasteiger partial charge on any atom is 0.264 e. The van der Waals surface area contributed by atoms with Gasteiger partial charge in [-0.05, 0) is 61.7 Å².